The highest BCUT2D eigenvalue weighted by Gasteiger charge is 2.07. The van der Waals surface area contributed by atoms with Gasteiger partial charge in [0.2, 0.25) is 0 Å². The van der Waals surface area contributed by atoms with Crippen molar-refractivity contribution < 1.29 is 5.11 Å². The van der Waals surface area contributed by atoms with Crippen molar-refractivity contribution in [2.24, 2.45) is 20.7 Å². The van der Waals surface area contributed by atoms with Crippen molar-refractivity contribution in [1.29, 1.82) is 0 Å². The molecule has 0 radical (unpaired) electrons. The molecule has 1 heterocycles. The molecule has 31 heavy (non-hydrogen) atoms. The van der Waals surface area contributed by atoms with Crippen molar-refractivity contribution in [2.45, 2.75) is 26.2 Å². The van der Waals surface area contributed by atoms with E-state index in [4.69, 9.17) is 10.8 Å². The quantitative estimate of drug-likeness (QED) is 0.326. The number of aliphatic hydroxyl groups excluding tert-OH is 1. The van der Waals surface area contributed by atoms with Crippen LogP contribution in [-0.4, -0.2) is 42.1 Å². The fraction of sp³-hybridized carbons (Fsp3) is 0.292. The van der Waals surface area contributed by atoms with Crippen LogP contribution in [0.15, 0.2) is 92.4 Å². The lowest BCUT2D eigenvalue weighted by atomic mass is 10.1. The van der Waals surface area contributed by atoms with Crippen molar-refractivity contribution in [1.82, 2.24) is 5.32 Å². The van der Waals surface area contributed by atoms with Gasteiger partial charge in [0.25, 0.3) is 0 Å². The maximum atomic E-state index is 8.87. The molecule has 6 nitrogen and oxygen atoms in total. The van der Waals surface area contributed by atoms with Crippen molar-refractivity contribution in [3.63, 3.8) is 0 Å². The van der Waals surface area contributed by atoms with Crippen LogP contribution in [0.2, 0.25) is 0 Å². The molecule has 0 bridgehead atoms. The lowest BCUT2D eigenvalue weighted by Gasteiger charge is -2.10. The Hall–Kier alpha value is -2.90. The van der Waals surface area contributed by atoms with Crippen molar-refractivity contribution in [3.05, 3.63) is 83.0 Å². The molecule has 1 aromatic carbocycles. The van der Waals surface area contributed by atoms with Crippen LogP contribution in [0.25, 0.3) is 0 Å². The maximum absolute atomic E-state index is 8.87. The number of nitrogens with zero attached hydrogens (tertiary/aromatic N) is 3. The van der Waals surface area contributed by atoms with E-state index >= 15 is 0 Å². The summed E-state index contributed by atoms with van der Waals surface area (Å²) in [5, 5.41) is 12.8. The minimum atomic E-state index is 0.174. The molecule has 1 aliphatic rings. The third-order valence-electron chi connectivity index (χ3n) is 4.12. The van der Waals surface area contributed by atoms with Crippen LogP contribution in [0.1, 0.15) is 25.3 Å². The molecule has 4 N–H and O–H groups in total. The van der Waals surface area contributed by atoms with Gasteiger partial charge in [-0.25, -0.2) is 4.99 Å². The Labute approximate surface area is 189 Å². The zero-order valence-corrected chi connectivity index (χ0v) is 18.8. The first kappa shape index (κ1) is 24.4. The van der Waals surface area contributed by atoms with Gasteiger partial charge in [0.15, 0.2) is 5.17 Å². The van der Waals surface area contributed by atoms with Crippen LogP contribution in [0, 0.1) is 0 Å². The molecule has 0 spiro atoms. The predicted octanol–water partition coefficient (Wildman–Crippen LogP) is 3.98. The normalized spacial score (nSPS) is 18.6. The van der Waals surface area contributed by atoms with E-state index in [2.05, 4.69) is 26.9 Å². The number of amidine groups is 2. The number of aliphatic hydroxyl groups is 1. The Morgan fingerprint density at radius 3 is 2.90 bits per heavy atom. The van der Waals surface area contributed by atoms with Gasteiger partial charge < -0.3 is 16.2 Å². The molecule has 0 amide bonds. The number of allylic oxidation sites excluding steroid dienone is 4. The zero-order valence-electron chi connectivity index (χ0n) is 18.0. The molecule has 7 heteroatoms. The SMILES string of the molecule is C=C1/C=C(C)\C=C/CN=C(NC(C=C(N)Cc2ccccc2)=NC=NCCCCO)S1. The predicted molar refractivity (Wildman–Crippen MR) is 135 cm³/mol. The van der Waals surface area contributed by atoms with Crippen molar-refractivity contribution in [2.75, 3.05) is 19.7 Å². The van der Waals surface area contributed by atoms with Gasteiger partial charge in [-0.2, -0.15) is 0 Å². The number of rotatable bonds is 8. The minimum absolute atomic E-state index is 0.174. The summed E-state index contributed by atoms with van der Waals surface area (Å²) in [6.45, 7) is 7.47. The summed E-state index contributed by atoms with van der Waals surface area (Å²) in [4.78, 5) is 14.2. The molecular formula is C24H31N5OS. The van der Waals surface area contributed by atoms with Crippen molar-refractivity contribution >= 4 is 29.1 Å². The van der Waals surface area contributed by atoms with Crippen LogP contribution in [0.3, 0.4) is 0 Å². The molecule has 0 aromatic heterocycles. The molecule has 2 rings (SSSR count). The Kier molecular flexibility index (Phi) is 11.1. The lowest BCUT2D eigenvalue weighted by molar-refractivity contribution is 0.285. The van der Waals surface area contributed by atoms with Gasteiger partial charge in [0.1, 0.15) is 12.2 Å². The smallest absolute Gasteiger partial charge is 0.167 e. The molecule has 164 valence electrons. The van der Waals surface area contributed by atoms with Crippen LogP contribution >= 0.6 is 11.8 Å². The second kappa shape index (κ2) is 14.2. The first-order chi connectivity index (χ1) is 15.1. The average Bonchev–Trinajstić information content (AvgIpc) is 2.81. The Morgan fingerprint density at radius 1 is 1.32 bits per heavy atom. The van der Waals surface area contributed by atoms with Crippen molar-refractivity contribution in [3.8, 4) is 0 Å². The van der Waals surface area contributed by atoms with Gasteiger partial charge in [-0.1, -0.05) is 66.4 Å². The molecule has 0 saturated heterocycles. The van der Waals surface area contributed by atoms with Gasteiger partial charge in [-0.05, 0) is 37.5 Å². The molecular weight excluding hydrogens is 406 g/mol. The highest BCUT2D eigenvalue weighted by atomic mass is 32.2. The number of nitrogens with two attached hydrogens (primary N) is 1. The van der Waals surface area contributed by atoms with Gasteiger partial charge in [0, 0.05) is 30.2 Å². The maximum Gasteiger partial charge on any atom is 0.167 e. The summed E-state index contributed by atoms with van der Waals surface area (Å²) >= 11 is 1.45. The summed E-state index contributed by atoms with van der Waals surface area (Å²) in [6.07, 6.45) is 11.5. The van der Waals surface area contributed by atoms with E-state index < -0.39 is 0 Å². The second-order valence-electron chi connectivity index (χ2n) is 6.98. The van der Waals surface area contributed by atoms with Crippen LogP contribution in [-0.2, 0) is 6.42 Å². The topological polar surface area (TPSA) is 95.4 Å². The van der Waals surface area contributed by atoms with E-state index in [0.29, 0.717) is 36.2 Å². The summed E-state index contributed by atoms with van der Waals surface area (Å²) in [7, 11) is 0. The third kappa shape index (κ3) is 10.6. The fourth-order valence-electron chi connectivity index (χ4n) is 2.68. The van der Waals surface area contributed by atoms with E-state index in [-0.39, 0.29) is 6.61 Å². The second-order valence-corrected chi connectivity index (χ2v) is 8.09. The van der Waals surface area contributed by atoms with Gasteiger partial charge in [-0.15, -0.1) is 0 Å². The average molecular weight is 438 g/mol. The number of aliphatic imine (C=N–C) groups is 3. The molecule has 0 fully saturated rings. The van der Waals surface area contributed by atoms with E-state index in [1.807, 2.05) is 61.6 Å². The lowest BCUT2D eigenvalue weighted by Crippen LogP contribution is -2.28. The zero-order chi connectivity index (χ0) is 22.3. The van der Waals surface area contributed by atoms with Crippen LogP contribution < -0.4 is 11.1 Å². The summed E-state index contributed by atoms with van der Waals surface area (Å²) in [6, 6.07) is 10.0. The number of thioether (sulfide) groups is 1. The van der Waals surface area contributed by atoms with E-state index in [1.54, 1.807) is 0 Å². The number of benzene rings is 1. The summed E-state index contributed by atoms with van der Waals surface area (Å²) in [5.74, 6) is 0.558. The Balaban J connectivity index is 2.16. The summed E-state index contributed by atoms with van der Waals surface area (Å²) < 4.78 is 0. The molecule has 0 saturated carbocycles. The number of nitrogens with one attached hydrogen (secondary N) is 1. The largest absolute Gasteiger partial charge is 0.402 e. The first-order valence-electron chi connectivity index (χ1n) is 10.3. The molecule has 0 unspecified atom stereocenters. The van der Waals surface area contributed by atoms with Gasteiger partial charge in [-0.3, -0.25) is 9.98 Å². The molecule has 1 aromatic rings. The van der Waals surface area contributed by atoms with Crippen LogP contribution in [0.4, 0.5) is 0 Å². The van der Waals surface area contributed by atoms with E-state index in [9.17, 15) is 0 Å². The number of unbranched alkanes of at least 4 members (excludes halogenated alkanes) is 1. The third-order valence-corrected chi connectivity index (χ3v) is 4.92. The van der Waals surface area contributed by atoms with E-state index in [1.165, 1.54) is 18.1 Å². The molecule has 0 aliphatic carbocycles. The van der Waals surface area contributed by atoms with E-state index in [0.717, 1.165) is 28.9 Å². The molecule has 1 aliphatic heterocycles. The highest BCUT2D eigenvalue weighted by Crippen LogP contribution is 2.19. The molecule has 0 atom stereocenters. The monoisotopic (exact) mass is 437 g/mol. The minimum Gasteiger partial charge on any atom is -0.402 e. The fourth-order valence-corrected chi connectivity index (χ4v) is 3.46. The van der Waals surface area contributed by atoms with Crippen LogP contribution in [0.5, 0.6) is 0 Å². The summed E-state index contributed by atoms with van der Waals surface area (Å²) in [5.41, 5.74) is 9.22. The van der Waals surface area contributed by atoms with Gasteiger partial charge >= 0.3 is 0 Å². The Morgan fingerprint density at radius 2 is 2.13 bits per heavy atom. The van der Waals surface area contributed by atoms with Gasteiger partial charge in [0.05, 0.1) is 6.54 Å². The number of hydrogen-bond acceptors (Lipinski definition) is 5. The highest BCUT2D eigenvalue weighted by molar-refractivity contribution is 8.17. The standard InChI is InChI=1S/C24H31N5OS/c1-19-9-8-13-27-24(31-20(2)15-19)29-23(28-18-26-12-6-7-14-30)17-22(25)16-21-10-4-3-5-11-21/h3-5,8-11,15,17-18,30H,2,6-7,12-14,16,25H2,1H3,(H,26,27,28,29)/b9-8-,19-15-,22-17?. The number of hydrogen-bond donors (Lipinski definition) is 3. The first-order valence-corrected chi connectivity index (χ1v) is 11.1. The Bertz CT molecular complexity index is 898.